The van der Waals surface area contributed by atoms with Crippen molar-refractivity contribution in [1.29, 1.82) is 0 Å². The van der Waals surface area contributed by atoms with Crippen LogP contribution in [0.3, 0.4) is 0 Å². The number of carbonyl (C=O) groups is 3. The van der Waals surface area contributed by atoms with Crippen LogP contribution in [-0.4, -0.2) is 30.1 Å². The highest BCUT2D eigenvalue weighted by atomic mass is 32.1. The average molecular weight is 349 g/mol. The number of hydrogen-bond donors (Lipinski definition) is 2. The van der Waals surface area contributed by atoms with E-state index in [4.69, 9.17) is 4.74 Å². The number of ether oxygens (including phenoxy) is 1. The summed E-state index contributed by atoms with van der Waals surface area (Å²) < 4.78 is 4.76. The summed E-state index contributed by atoms with van der Waals surface area (Å²) in [6.07, 6.45) is 5.26. The van der Waals surface area contributed by atoms with Gasteiger partial charge in [-0.25, -0.2) is 4.79 Å². The molecule has 1 aromatic rings. The maximum absolute atomic E-state index is 12.7. The summed E-state index contributed by atoms with van der Waals surface area (Å²) in [5.74, 6) is -3.23. The number of allylic oxidation sites excluding steroid dienone is 2. The van der Waals surface area contributed by atoms with E-state index in [0.29, 0.717) is 17.0 Å². The minimum Gasteiger partial charge on any atom is -0.481 e. The number of thiophene rings is 1. The number of anilines is 1. The number of nitrogens with one attached hydrogen (secondary N) is 1. The van der Waals surface area contributed by atoms with Crippen molar-refractivity contribution in [2.75, 3.05) is 12.4 Å². The van der Waals surface area contributed by atoms with Gasteiger partial charge < -0.3 is 15.2 Å². The van der Waals surface area contributed by atoms with Gasteiger partial charge in [0.2, 0.25) is 5.91 Å². The Morgan fingerprint density at radius 2 is 1.96 bits per heavy atom. The van der Waals surface area contributed by atoms with E-state index in [2.05, 4.69) is 5.32 Å². The SMILES string of the molecule is CCc1cc(C(=O)OC)c(NC(=O)[C@@H]2[C@@H](C(=O)O)[C@H]3C=C[C@@H]2C3)s1. The van der Waals surface area contributed by atoms with Crippen LogP contribution in [-0.2, 0) is 20.7 Å². The van der Waals surface area contributed by atoms with Crippen molar-refractivity contribution in [2.24, 2.45) is 23.7 Å². The van der Waals surface area contributed by atoms with E-state index in [9.17, 15) is 19.5 Å². The fourth-order valence-electron chi connectivity index (χ4n) is 3.68. The Bertz CT molecular complexity index is 723. The minimum atomic E-state index is -0.944. The molecule has 0 spiro atoms. The molecule has 0 aliphatic heterocycles. The lowest BCUT2D eigenvalue weighted by Crippen LogP contribution is -2.36. The van der Waals surface area contributed by atoms with Crippen molar-refractivity contribution >= 4 is 34.2 Å². The van der Waals surface area contributed by atoms with Gasteiger partial charge in [-0.05, 0) is 30.7 Å². The van der Waals surface area contributed by atoms with Crippen LogP contribution in [0.2, 0.25) is 0 Å². The molecule has 2 N–H and O–H groups in total. The molecule has 0 radical (unpaired) electrons. The molecule has 128 valence electrons. The molecule has 1 saturated carbocycles. The lowest BCUT2D eigenvalue weighted by atomic mass is 9.82. The van der Waals surface area contributed by atoms with Crippen molar-refractivity contribution in [3.05, 3.63) is 28.7 Å². The van der Waals surface area contributed by atoms with Crippen LogP contribution in [0.15, 0.2) is 18.2 Å². The highest BCUT2D eigenvalue weighted by Gasteiger charge is 2.51. The number of aryl methyl sites for hydroxylation is 1. The molecule has 2 aliphatic rings. The maximum Gasteiger partial charge on any atom is 0.340 e. The predicted molar refractivity (Wildman–Crippen MR) is 89.0 cm³/mol. The molecule has 6 nitrogen and oxygen atoms in total. The molecule has 1 amide bonds. The predicted octanol–water partition coefficient (Wildman–Crippen LogP) is 2.56. The zero-order valence-corrected chi connectivity index (χ0v) is 14.3. The number of carboxylic acid groups (broad SMARTS) is 1. The van der Waals surface area contributed by atoms with Gasteiger partial charge in [0.05, 0.1) is 24.5 Å². The molecule has 1 heterocycles. The van der Waals surface area contributed by atoms with Crippen molar-refractivity contribution in [3.63, 3.8) is 0 Å². The second-order valence-corrected chi connectivity index (χ2v) is 7.26. The Hall–Kier alpha value is -2.15. The van der Waals surface area contributed by atoms with E-state index in [1.165, 1.54) is 18.4 Å². The summed E-state index contributed by atoms with van der Waals surface area (Å²) in [4.78, 5) is 37.1. The summed E-state index contributed by atoms with van der Waals surface area (Å²) in [6.45, 7) is 1.96. The number of methoxy groups -OCH3 is 1. The average Bonchev–Trinajstić information content (AvgIpc) is 3.27. The third-order valence-corrected chi connectivity index (χ3v) is 6.02. The molecule has 1 aromatic heterocycles. The fourth-order valence-corrected chi connectivity index (χ4v) is 4.67. The van der Waals surface area contributed by atoms with Gasteiger partial charge in [0.25, 0.3) is 0 Å². The van der Waals surface area contributed by atoms with E-state index >= 15 is 0 Å². The Labute approximate surface area is 143 Å². The van der Waals surface area contributed by atoms with Gasteiger partial charge in [0, 0.05) is 4.88 Å². The lowest BCUT2D eigenvalue weighted by Gasteiger charge is -2.23. The van der Waals surface area contributed by atoms with Crippen molar-refractivity contribution in [1.82, 2.24) is 0 Å². The third kappa shape index (κ3) is 2.73. The summed E-state index contributed by atoms with van der Waals surface area (Å²) >= 11 is 1.32. The third-order valence-electron chi connectivity index (χ3n) is 4.82. The molecule has 1 fully saturated rings. The van der Waals surface area contributed by atoms with Crippen LogP contribution in [0.1, 0.15) is 28.6 Å². The Morgan fingerprint density at radius 3 is 2.54 bits per heavy atom. The Morgan fingerprint density at radius 1 is 1.29 bits per heavy atom. The second-order valence-electron chi connectivity index (χ2n) is 6.13. The molecule has 3 rings (SSSR count). The quantitative estimate of drug-likeness (QED) is 0.629. The first-order valence-electron chi connectivity index (χ1n) is 7.89. The van der Waals surface area contributed by atoms with E-state index in [0.717, 1.165) is 11.3 Å². The first kappa shape index (κ1) is 16.7. The van der Waals surface area contributed by atoms with Crippen LogP contribution >= 0.6 is 11.3 Å². The maximum atomic E-state index is 12.7. The summed E-state index contributed by atoms with van der Waals surface area (Å²) in [5, 5.41) is 12.7. The number of esters is 1. The topological polar surface area (TPSA) is 92.7 Å². The van der Waals surface area contributed by atoms with E-state index in [1.807, 2.05) is 19.1 Å². The van der Waals surface area contributed by atoms with Crippen LogP contribution in [0.5, 0.6) is 0 Å². The van der Waals surface area contributed by atoms with Gasteiger partial charge in [0.15, 0.2) is 0 Å². The van der Waals surface area contributed by atoms with Gasteiger partial charge in [0.1, 0.15) is 5.00 Å². The number of hydrogen-bond acceptors (Lipinski definition) is 5. The number of carboxylic acids is 1. The largest absolute Gasteiger partial charge is 0.481 e. The van der Waals surface area contributed by atoms with Crippen molar-refractivity contribution in [2.45, 2.75) is 19.8 Å². The zero-order chi connectivity index (χ0) is 17.4. The molecular weight excluding hydrogens is 330 g/mol. The fraction of sp³-hybridized carbons (Fsp3) is 0.471. The standard InChI is InChI=1S/C17H19NO5S/c1-3-10-7-11(17(22)23-2)15(24-10)18-14(19)12-8-4-5-9(6-8)13(12)16(20)21/h4-5,7-9,12-13H,3,6H2,1-2H3,(H,18,19)(H,20,21)/t8-,9+,12+,13+/m1/s1. The number of rotatable bonds is 5. The van der Waals surface area contributed by atoms with Crippen LogP contribution in [0.25, 0.3) is 0 Å². The molecule has 7 heteroatoms. The summed E-state index contributed by atoms with van der Waals surface area (Å²) in [6, 6.07) is 1.71. The first-order valence-corrected chi connectivity index (χ1v) is 8.70. The van der Waals surface area contributed by atoms with Crippen LogP contribution < -0.4 is 5.32 Å². The number of fused-ring (bicyclic) bond motifs is 2. The number of amides is 1. The molecular formula is C17H19NO5S. The van der Waals surface area contributed by atoms with Gasteiger partial charge in [-0.3, -0.25) is 9.59 Å². The minimum absolute atomic E-state index is 0.0525. The van der Waals surface area contributed by atoms with E-state index in [-0.39, 0.29) is 17.7 Å². The molecule has 0 aromatic carbocycles. The Balaban J connectivity index is 1.85. The van der Waals surface area contributed by atoms with Gasteiger partial charge >= 0.3 is 11.9 Å². The molecule has 24 heavy (non-hydrogen) atoms. The molecule has 0 unspecified atom stereocenters. The lowest BCUT2D eigenvalue weighted by molar-refractivity contribution is -0.146. The molecule has 2 aliphatic carbocycles. The summed E-state index contributed by atoms with van der Waals surface area (Å²) in [5.41, 5.74) is 0.318. The zero-order valence-electron chi connectivity index (χ0n) is 13.4. The van der Waals surface area contributed by atoms with E-state index < -0.39 is 23.8 Å². The van der Waals surface area contributed by atoms with Crippen molar-refractivity contribution < 1.29 is 24.2 Å². The molecule has 2 bridgehead atoms. The second kappa shape index (κ2) is 6.39. The normalized spacial score (nSPS) is 27.2. The highest BCUT2D eigenvalue weighted by Crippen LogP contribution is 2.48. The van der Waals surface area contributed by atoms with E-state index in [1.54, 1.807) is 6.07 Å². The van der Waals surface area contributed by atoms with Crippen molar-refractivity contribution in [3.8, 4) is 0 Å². The Kier molecular flexibility index (Phi) is 4.45. The molecule has 0 saturated heterocycles. The molecule has 4 atom stereocenters. The van der Waals surface area contributed by atoms with Gasteiger partial charge in [-0.2, -0.15) is 0 Å². The monoisotopic (exact) mass is 349 g/mol. The highest BCUT2D eigenvalue weighted by molar-refractivity contribution is 7.16. The smallest absolute Gasteiger partial charge is 0.340 e. The van der Waals surface area contributed by atoms with Crippen LogP contribution in [0, 0.1) is 23.7 Å². The first-order chi connectivity index (χ1) is 11.5. The number of aliphatic carboxylic acids is 1. The van der Waals surface area contributed by atoms with Crippen LogP contribution in [0.4, 0.5) is 5.00 Å². The number of carbonyl (C=O) groups excluding carboxylic acids is 2. The van der Waals surface area contributed by atoms with Gasteiger partial charge in [-0.1, -0.05) is 19.1 Å². The summed E-state index contributed by atoms with van der Waals surface area (Å²) in [7, 11) is 1.29. The van der Waals surface area contributed by atoms with Gasteiger partial charge in [-0.15, -0.1) is 11.3 Å².